The number of halogens is 2. The molecule has 0 radical (unpaired) electrons. The van der Waals surface area contributed by atoms with Gasteiger partial charge in [0, 0.05) is 23.9 Å². The molecule has 116 valence electrons. The second-order valence-electron chi connectivity index (χ2n) is 4.95. The number of hydrogen-bond acceptors (Lipinski definition) is 5. The molecule has 6 nitrogen and oxygen atoms in total. The second-order valence-corrected chi connectivity index (χ2v) is 5.80. The summed E-state index contributed by atoms with van der Waals surface area (Å²) >= 11 is 11.8. The second kappa shape index (κ2) is 6.54. The maximum atomic E-state index is 11.4. The third-order valence-corrected chi connectivity index (χ3v) is 3.86. The van der Waals surface area contributed by atoms with Crippen LogP contribution in [0.4, 0.5) is 0 Å². The lowest BCUT2D eigenvalue weighted by molar-refractivity contribution is -0.122. The summed E-state index contributed by atoms with van der Waals surface area (Å²) in [7, 11) is 0. The molecule has 1 unspecified atom stereocenters. The lowest BCUT2D eigenvalue weighted by Crippen LogP contribution is -2.32. The normalized spacial score (nSPS) is 18.1. The summed E-state index contributed by atoms with van der Waals surface area (Å²) in [5.74, 6) is 1.34. The van der Waals surface area contributed by atoms with Gasteiger partial charge in [-0.15, -0.1) is 0 Å². The number of nitrogens with one attached hydrogen (secondary N) is 1. The Morgan fingerprint density at radius 1 is 1.41 bits per heavy atom. The zero-order chi connectivity index (χ0) is 15.5. The lowest BCUT2D eigenvalue weighted by Gasteiger charge is -2.18. The average molecular weight is 342 g/mol. The number of nitrogens with zero attached hydrogens (tertiary/aromatic N) is 2. The Hall–Kier alpha value is -1.79. The number of piperidine rings is 1. The zero-order valence-electron chi connectivity index (χ0n) is 11.5. The van der Waals surface area contributed by atoms with Gasteiger partial charge in [0.05, 0.1) is 5.02 Å². The Bertz CT molecular complexity index is 690. The van der Waals surface area contributed by atoms with Gasteiger partial charge in [0.15, 0.2) is 6.61 Å². The van der Waals surface area contributed by atoms with Gasteiger partial charge in [-0.2, -0.15) is 4.98 Å². The topological polar surface area (TPSA) is 77.2 Å². The molecule has 22 heavy (non-hydrogen) atoms. The van der Waals surface area contributed by atoms with E-state index in [0.717, 1.165) is 6.42 Å². The highest BCUT2D eigenvalue weighted by molar-refractivity contribution is 6.35. The van der Waals surface area contributed by atoms with Gasteiger partial charge in [0.1, 0.15) is 5.75 Å². The summed E-state index contributed by atoms with van der Waals surface area (Å²) in [4.78, 5) is 15.7. The van der Waals surface area contributed by atoms with E-state index in [-0.39, 0.29) is 18.4 Å². The summed E-state index contributed by atoms with van der Waals surface area (Å²) < 4.78 is 10.8. The molecule has 0 aliphatic carbocycles. The summed E-state index contributed by atoms with van der Waals surface area (Å²) in [5, 5.41) is 7.59. The number of carbonyl (C=O) groups excluding carboxylic acids is 1. The fourth-order valence-corrected chi connectivity index (χ4v) is 2.68. The van der Waals surface area contributed by atoms with Crippen LogP contribution in [-0.2, 0) is 11.4 Å². The van der Waals surface area contributed by atoms with Gasteiger partial charge in [-0.3, -0.25) is 4.79 Å². The standard InChI is InChI=1S/C14H13Cl2N3O3/c15-9-1-2-11(10(16)6-9)21-7-12-18-14(22-19-12)8-3-4-17-13(20)5-8/h1-2,6,8H,3-5,7H2,(H,17,20). The van der Waals surface area contributed by atoms with E-state index in [2.05, 4.69) is 15.5 Å². The Kier molecular flexibility index (Phi) is 4.49. The number of rotatable bonds is 4. The molecule has 0 saturated carbocycles. The largest absolute Gasteiger partial charge is 0.484 e. The molecule has 8 heteroatoms. The van der Waals surface area contributed by atoms with Crippen LogP contribution in [-0.4, -0.2) is 22.6 Å². The molecule has 0 spiro atoms. The van der Waals surface area contributed by atoms with Gasteiger partial charge in [-0.1, -0.05) is 28.4 Å². The van der Waals surface area contributed by atoms with Crippen molar-refractivity contribution in [2.24, 2.45) is 0 Å². The van der Waals surface area contributed by atoms with E-state index >= 15 is 0 Å². The Balaban J connectivity index is 1.63. The van der Waals surface area contributed by atoms with Crippen molar-refractivity contribution in [2.75, 3.05) is 6.54 Å². The Morgan fingerprint density at radius 2 is 2.27 bits per heavy atom. The fraction of sp³-hybridized carbons (Fsp3) is 0.357. The van der Waals surface area contributed by atoms with Gasteiger partial charge < -0.3 is 14.6 Å². The van der Waals surface area contributed by atoms with Crippen LogP contribution in [0.15, 0.2) is 22.7 Å². The van der Waals surface area contributed by atoms with E-state index in [0.29, 0.717) is 40.5 Å². The predicted octanol–water partition coefficient (Wildman–Crippen LogP) is 2.95. The fourth-order valence-electron chi connectivity index (χ4n) is 2.22. The molecule has 0 bridgehead atoms. The van der Waals surface area contributed by atoms with Crippen LogP contribution < -0.4 is 10.1 Å². The van der Waals surface area contributed by atoms with Crippen molar-refractivity contribution in [3.05, 3.63) is 40.0 Å². The van der Waals surface area contributed by atoms with E-state index in [1.165, 1.54) is 0 Å². The van der Waals surface area contributed by atoms with E-state index in [9.17, 15) is 4.79 Å². The monoisotopic (exact) mass is 341 g/mol. The first-order chi connectivity index (χ1) is 10.6. The molecule has 2 aromatic rings. The van der Waals surface area contributed by atoms with Crippen LogP contribution in [0.5, 0.6) is 5.75 Å². The highest BCUT2D eigenvalue weighted by Crippen LogP contribution is 2.28. The Morgan fingerprint density at radius 3 is 3.05 bits per heavy atom. The maximum Gasteiger partial charge on any atom is 0.230 e. The predicted molar refractivity (Wildman–Crippen MR) is 80.1 cm³/mol. The third-order valence-electron chi connectivity index (χ3n) is 3.33. The molecule has 1 atom stereocenters. The maximum absolute atomic E-state index is 11.4. The minimum absolute atomic E-state index is 0.000182. The van der Waals surface area contributed by atoms with Crippen molar-refractivity contribution in [2.45, 2.75) is 25.4 Å². The number of ether oxygens (including phenoxy) is 1. The zero-order valence-corrected chi connectivity index (χ0v) is 13.0. The number of carbonyl (C=O) groups is 1. The number of benzene rings is 1. The lowest BCUT2D eigenvalue weighted by atomic mass is 9.98. The summed E-state index contributed by atoms with van der Waals surface area (Å²) in [6, 6.07) is 4.96. The van der Waals surface area contributed by atoms with E-state index < -0.39 is 0 Å². The Labute approximate surface area is 136 Å². The van der Waals surface area contributed by atoms with Crippen LogP contribution in [0.2, 0.25) is 10.0 Å². The summed E-state index contributed by atoms with van der Waals surface area (Å²) in [6.07, 6.45) is 1.16. The minimum Gasteiger partial charge on any atom is -0.484 e. The molecule has 1 aliphatic rings. The van der Waals surface area contributed by atoms with Crippen molar-refractivity contribution in [1.82, 2.24) is 15.5 Å². The highest BCUT2D eigenvalue weighted by atomic mass is 35.5. The first-order valence-corrected chi connectivity index (χ1v) is 7.54. The van der Waals surface area contributed by atoms with Gasteiger partial charge in [0.25, 0.3) is 0 Å². The smallest absolute Gasteiger partial charge is 0.230 e. The molecule has 1 saturated heterocycles. The average Bonchev–Trinajstić information content (AvgIpc) is 2.95. The third kappa shape index (κ3) is 3.51. The van der Waals surface area contributed by atoms with Crippen LogP contribution in [0.1, 0.15) is 30.5 Å². The van der Waals surface area contributed by atoms with Crippen LogP contribution >= 0.6 is 23.2 Å². The van der Waals surface area contributed by atoms with E-state index in [1.54, 1.807) is 18.2 Å². The van der Waals surface area contributed by atoms with Crippen LogP contribution in [0.3, 0.4) is 0 Å². The molecule has 1 N–H and O–H groups in total. The molecule has 3 rings (SSSR count). The van der Waals surface area contributed by atoms with Gasteiger partial charge in [-0.05, 0) is 24.6 Å². The number of aromatic nitrogens is 2. The molecule has 2 heterocycles. The van der Waals surface area contributed by atoms with E-state index in [4.69, 9.17) is 32.5 Å². The first-order valence-electron chi connectivity index (χ1n) is 6.79. The summed E-state index contributed by atoms with van der Waals surface area (Å²) in [5.41, 5.74) is 0. The van der Waals surface area contributed by atoms with Crippen LogP contribution in [0, 0.1) is 0 Å². The molecular weight excluding hydrogens is 329 g/mol. The van der Waals surface area contributed by atoms with Gasteiger partial charge in [0.2, 0.25) is 17.6 Å². The van der Waals surface area contributed by atoms with Gasteiger partial charge >= 0.3 is 0 Å². The van der Waals surface area contributed by atoms with Crippen LogP contribution in [0.25, 0.3) is 0 Å². The molecule has 1 fully saturated rings. The molecule has 1 amide bonds. The number of hydrogen-bond donors (Lipinski definition) is 1. The van der Waals surface area contributed by atoms with Crippen molar-refractivity contribution in [3.63, 3.8) is 0 Å². The molecule has 1 aromatic carbocycles. The molecule has 1 aliphatic heterocycles. The van der Waals surface area contributed by atoms with Gasteiger partial charge in [-0.25, -0.2) is 0 Å². The summed E-state index contributed by atoms with van der Waals surface area (Å²) in [6.45, 7) is 0.752. The van der Waals surface area contributed by atoms with Crippen molar-refractivity contribution in [3.8, 4) is 5.75 Å². The quantitative estimate of drug-likeness (QED) is 0.924. The number of amides is 1. The molecule has 1 aromatic heterocycles. The van der Waals surface area contributed by atoms with Crippen molar-refractivity contribution in [1.29, 1.82) is 0 Å². The highest BCUT2D eigenvalue weighted by Gasteiger charge is 2.25. The minimum atomic E-state index is -0.0332. The van der Waals surface area contributed by atoms with Crippen molar-refractivity contribution >= 4 is 29.1 Å². The SMILES string of the molecule is O=C1CC(c2nc(COc3ccc(Cl)cc3Cl)no2)CCN1. The van der Waals surface area contributed by atoms with Crippen molar-refractivity contribution < 1.29 is 14.1 Å². The first kappa shape index (κ1) is 15.1. The molecular formula is C14H13Cl2N3O3. The van der Waals surface area contributed by atoms with E-state index in [1.807, 2.05) is 0 Å².